The van der Waals surface area contributed by atoms with Crippen molar-refractivity contribution < 1.29 is 29.7 Å². The van der Waals surface area contributed by atoms with Crippen LogP contribution in [0.2, 0.25) is 0 Å². The summed E-state index contributed by atoms with van der Waals surface area (Å²) in [5, 5.41) is 28.0. The number of amides is 1. The van der Waals surface area contributed by atoms with E-state index in [-0.39, 0.29) is 25.2 Å². The van der Waals surface area contributed by atoms with Gasteiger partial charge in [0.2, 0.25) is 5.91 Å². The van der Waals surface area contributed by atoms with Crippen LogP contribution in [0.15, 0.2) is 0 Å². The minimum absolute atomic E-state index is 0.140. The molecule has 0 aromatic rings. The number of aliphatic hydroxyl groups is 1. The van der Waals surface area contributed by atoms with Crippen LogP contribution < -0.4 is 0 Å². The van der Waals surface area contributed by atoms with Crippen molar-refractivity contribution in [1.29, 1.82) is 0 Å². The molecule has 0 aromatic carbocycles. The number of hydrogen-bond acceptors (Lipinski definition) is 4. The fraction of sp³-hybridized carbons (Fsp3) is 0.769. The number of rotatable bonds is 4. The number of hydrogen-bond donors (Lipinski definition) is 3. The van der Waals surface area contributed by atoms with Gasteiger partial charge in [-0.25, -0.2) is 4.79 Å². The minimum Gasteiger partial charge on any atom is -0.481 e. The van der Waals surface area contributed by atoms with Gasteiger partial charge in [-0.1, -0.05) is 0 Å². The molecule has 0 bridgehead atoms. The van der Waals surface area contributed by atoms with Crippen molar-refractivity contribution in [3.05, 3.63) is 0 Å². The third-order valence-corrected chi connectivity index (χ3v) is 4.24. The van der Waals surface area contributed by atoms with Gasteiger partial charge in [-0.3, -0.25) is 9.59 Å². The van der Waals surface area contributed by atoms with Gasteiger partial charge in [0.05, 0.1) is 12.1 Å². The molecule has 0 spiro atoms. The van der Waals surface area contributed by atoms with E-state index in [0.29, 0.717) is 19.3 Å². The third-order valence-electron chi connectivity index (χ3n) is 4.24. The molecule has 112 valence electrons. The molecule has 1 amide bonds. The molecular weight excluding hydrogens is 266 g/mol. The van der Waals surface area contributed by atoms with E-state index in [1.807, 2.05) is 0 Å². The molecule has 4 unspecified atom stereocenters. The summed E-state index contributed by atoms with van der Waals surface area (Å²) < 4.78 is 0. The highest BCUT2D eigenvalue weighted by atomic mass is 16.4. The van der Waals surface area contributed by atoms with Gasteiger partial charge in [0.25, 0.3) is 0 Å². The Kier molecular flexibility index (Phi) is 4.27. The summed E-state index contributed by atoms with van der Waals surface area (Å²) >= 11 is 0. The van der Waals surface area contributed by atoms with Crippen LogP contribution in [0.3, 0.4) is 0 Å². The first-order valence-electron chi connectivity index (χ1n) is 6.86. The summed E-state index contributed by atoms with van der Waals surface area (Å²) in [5.74, 6) is -2.98. The van der Waals surface area contributed by atoms with Crippen molar-refractivity contribution in [2.75, 3.05) is 0 Å². The van der Waals surface area contributed by atoms with E-state index < -0.39 is 36.0 Å². The lowest BCUT2D eigenvalue weighted by Gasteiger charge is -2.47. The number of carboxylic acid groups (broad SMARTS) is 2. The van der Waals surface area contributed by atoms with E-state index in [9.17, 15) is 24.6 Å². The minimum atomic E-state index is -1.06. The zero-order valence-electron chi connectivity index (χ0n) is 11.1. The van der Waals surface area contributed by atoms with E-state index in [2.05, 4.69) is 0 Å². The Morgan fingerprint density at radius 3 is 2.55 bits per heavy atom. The van der Waals surface area contributed by atoms with Crippen molar-refractivity contribution in [2.45, 2.75) is 56.7 Å². The van der Waals surface area contributed by atoms with E-state index in [1.54, 1.807) is 0 Å². The van der Waals surface area contributed by atoms with Gasteiger partial charge >= 0.3 is 11.9 Å². The first-order valence-corrected chi connectivity index (χ1v) is 6.86. The summed E-state index contributed by atoms with van der Waals surface area (Å²) in [6, 6.07) is -1.35. The summed E-state index contributed by atoms with van der Waals surface area (Å²) in [6.45, 7) is 0. The van der Waals surface area contributed by atoms with E-state index >= 15 is 0 Å². The van der Waals surface area contributed by atoms with E-state index in [0.717, 1.165) is 0 Å². The Morgan fingerprint density at radius 2 is 1.95 bits per heavy atom. The Bertz CT molecular complexity index is 423. The predicted octanol–water partition coefficient (Wildman–Crippen LogP) is 0.0663. The number of nitrogens with zero attached hydrogens (tertiary/aromatic N) is 1. The molecular formula is C13H19NO6. The van der Waals surface area contributed by atoms with Crippen molar-refractivity contribution >= 4 is 17.8 Å². The SMILES string of the molecule is O=C(O)CCC1CC(O)C2CCCC(C(=O)O)N2C1=O. The molecule has 2 rings (SSSR count). The second-order valence-corrected chi connectivity index (χ2v) is 5.53. The highest BCUT2D eigenvalue weighted by Gasteiger charge is 2.47. The first-order chi connectivity index (χ1) is 9.41. The van der Waals surface area contributed by atoms with Gasteiger partial charge in [-0.15, -0.1) is 0 Å². The van der Waals surface area contributed by atoms with Crippen LogP contribution in [0.5, 0.6) is 0 Å². The van der Waals surface area contributed by atoms with Crippen LogP contribution in [-0.2, 0) is 14.4 Å². The van der Waals surface area contributed by atoms with Crippen LogP contribution in [0, 0.1) is 5.92 Å². The number of fused-ring (bicyclic) bond motifs is 1. The lowest BCUT2D eigenvalue weighted by Crippen LogP contribution is -2.62. The maximum Gasteiger partial charge on any atom is 0.326 e. The summed E-state index contributed by atoms with van der Waals surface area (Å²) in [6.07, 6.45) is 1.09. The summed E-state index contributed by atoms with van der Waals surface area (Å²) in [5.41, 5.74) is 0. The smallest absolute Gasteiger partial charge is 0.326 e. The number of carbonyl (C=O) groups excluding carboxylic acids is 1. The van der Waals surface area contributed by atoms with Crippen LogP contribution in [0.1, 0.15) is 38.5 Å². The topological polar surface area (TPSA) is 115 Å². The second-order valence-electron chi connectivity index (χ2n) is 5.53. The van der Waals surface area contributed by atoms with E-state index in [4.69, 9.17) is 5.11 Å². The second kappa shape index (κ2) is 5.78. The lowest BCUT2D eigenvalue weighted by molar-refractivity contribution is -0.167. The Labute approximate surface area is 116 Å². The molecule has 0 saturated carbocycles. The van der Waals surface area contributed by atoms with Gasteiger partial charge in [-0.05, 0) is 32.1 Å². The Morgan fingerprint density at radius 1 is 1.25 bits per heavy atom. The first kappa shape index (κ1) is 14.8. The van der Waals surface area contributed by atoms with Crippen molar-refractivity contribution in [3.63, 3.8) is 0 Å². The van der Waals surface area contributed by atoms with Crippen LogP contribution in [0.4, 0.5) is 0 Å². The van der Waals surface area contributed by atoms with Gasteiger partial charge in [0.15, 0.2) is 0 Å². The number of piperidine rings is 2. The molecule has 4 atom stereocenters. The summed E-state index contributed by atoms with van der Waals surface area (Å²) in [4.78, 5) is 35.5. The number of carboxylic acids is 2. The Balaban J connectivity index is 2.16. The average Bonchev–Trinajstić information content (AvgIpc) is 2.40. The quantitative estimate of drug-likeness (QED) is 0.673. The molecule has 7 nitrogen and oxygen atoms in total. The standard InChI is InChI=1S/C13H19NO6/c15-10-6-7(4-5-11(16)17)12(18)14-8(10)2-1-3-9(14)13(19)20/h7-10,15H,1-6H2,(H,16,17)(H,19,20). The molecule has 0 aliphatic carbocycles. The monoisotopic (exact) mass is 285 g/mol. The van der Waals surface area contributed by atoms with Gasteiger partial charge in [-0.2, -0.15) is 0 Å². The predicted molar refractivity (Wildman–Crippen MR) is 66.9 cm³/mol. The van der Waals surface area contributed by atoms with Crippen LogP contribution >= 0.6 is 0 Å². The molecule has 2 aliphatic heterocycles. The van der Waals surface area contributed by atoms with Gasteiger partial charge in [0.1, 0.15) is 6.04 Å². The largest absolute Gasteiger partial charge is 0.481 e. The molecule has 0 radical (unpaired) electrons. The number of aliphatic carboxylic acids is 2. The molecule has 20 heavy (non-hydrogen) atoms. The van der Waals surface area contributed by atoms with Crippen LogP contribution in [0.25, 0.3) is 0 Å². The maximum absolute atomic E-state index is 12.4. The highest BCUT2D eigenvalue weighted by Crippen LogP contribution is 2.35. The van der Waals surface area contributed by atoms with Crippen molar-refractivity contribution in [2.24, 2.45) is 5.92 Å². The average molecular weight is 285 g/mol. The maximum atomic E-state index is 12.4. The third kappa shape index (κ3) is 2.77. The fourth-order valence-electron chi connectivity index (χ4n) is 3.27. The lowest BCUT2D eigenvalue weighted by atomic mass is 9.80. The molecule has 2 heterocycles. The number of aliphatic hydroxyl groups excluding tert-OH is 1. The fourth-order valence-corrected chi connectivity index (χ4v) is 3.27. The number of carbonyl (C=O) groups is 3. The molecule has 2 saturated heterocycles. The zero-order chi connectivity index (χ0) is 14.9. The molecule has 0 aromatic heterocycles. The molecule has 7 heteroatoms. The molecule has 2 fully saturated rings. The van der Waals surface area contributed by atoms with Crippen molar-refractivity contribution in [1.82, 2.24) is 4.90 Å². The summed E-state index contributed by atoms with van der Waals surface area (Å²) in [7, 11) is 0. The highest BCUT2D eigenvalue weighted by molar-refractivity contribution is 5.86. The normalized spacial score (nSPS) is 33.6. The van der Waals surface area contributed by atoms with Crippen molar-refractivity contribution in [3.8, 4) is 0 Å². The van der Waals surface area contributed by atoms with Gasteiger partial charge < -0.3 is 20.2 Å². The molecule has 2 aliphatic rings. The Hall–Kier alpha value is -1.63. The van der Waals surface area contributed by atoms with Crippen LogP contribution in [-0.4, -0.2) is 56.3 Å². The van der Waals surface area contributed by atoms with E-state index in [1.165, 1.54) is 4.90 Å². The zero-order valence-corrected chi connectivity index (χ0v) is 11.1. The molecule has 3 N–H and O–H groups in total. The van der Waals surface area contributed by atoms with Gasteiger partial charge in [0, 0.05) is 12.3 Å².